The lowest BCUT2D eigenvalue weighted by atomic mass is 9.73. The van der Waals surface area contributed by atoms with Crippen LogP contribution in [0.5, 0.6) is 5.75 Å². The third-order valence-corrected chi connectivity index (χ3v) is 5.48. The van der Waals surface area contributed by atoms with Crippen molar-refractivity contribution in [3.05, 3.63) is 50.4 Å². The summed E-state index contributed by atoms with van der Waals surface area (Å²) in [4.78, 5) is 12.0. The fraction of sp³-hybridized carbons (Fsp3) is 0.444. The Balaban J connectivity index is 1.96. The van der Waals surface area contributed by atoms with Crippen LogP contribution in [0.2, 0.25) is 10.0 Å². The van der Waals surface area contributed by atoms with E-state index >= 15 is 0 Å². The second kappa shape index (κ2) is 7.86. The van der Waals surface area contributed by atoms with Gasteiger partial charge in [-0.25, -0.2) is 4.68 Å². The van der Waals surface area contributed by atoms with Gasteiger partial charge in [-0.15, -0.1) is 0 Å². The minimum atomic E-state index is -0.335. The van der Waals surface area contributed by atoms with Crippen LogP contribution in [0.3, 0.4) is 0 Å². The van der Waals surface area contributed by atoms with E-state index in [0.717, 1.165) is 24.2 Å². The second-order valence-corrected chi connectivity index (χ2v) is 7.21. The number of nitrogens with one attached hydrogen (secondary N) is 1. The molecule has 0 amide bonds. The smallest absolute Gasteiger partial charge is 0.287 e. The molecule has 8 heteroatoms. The molecular weight excluding hydrogens is 377 g/mol. The summed E-state index contributed by atoms with van der Waals surface area (Å²) >= 11 is 12.4. The van der Waals surface area contributed by atoms with Gasteiger partial charge in [0.25, 0.3) is 5.56 Å². The van der Waals surface area contributed by atoms with Crippen molar-refractivity contribution in [2.75, 3.05) is 32.2 Å². The highest BCUT2D eigenvalue weighted by atomic mass is 35.5. The van der Waals surface area contributed by atoms with Gasteiger partial charge in [-0.2, -0.15) is 5.10 Å². The SMILES string of the molecule is COc1ccc(Cl)cc1C1(CNc2cnn(C)c(=O)c2Cl)CCOCC1. The maximum Gasteiger partial charge on any atom is 0.287 e. The van der Waals surface area contributed by atoms with Crippen molar-refractivity contribution in [3.63, 3.8) is 0 Å². The van der Waals surface area contributed by atoms with E-state index in [2.05, 4.69) is 10.4 Å². The van der Waals surface area contributed by atoms with Crippen molar-refractivity contribution in [2.45, 2.75) is 18.3 Å². The summed E-state index contributed by atoms with van der Waals surface area (Å²) in [6, 6.07) is 5.63. The number of hydrogen-bond acceptors (Lipinski definition) is 5. The number of methoxy groups -OCH3 is 1. The number of rotatable bonds is 5. The Hall–Kier alpha value is -1.76. The van der Waals surface area contributed by atoms with E-state index in [4.69, 9.17) is 32.7 Å². The minimum absolute atomic E-state index is 0.128. The topological polar surface area (TPSA) is 65.4 Å². The highest BCUT2D eigenvalue weighted by Gasteiger charge is 2.37. The van der Waals surface area contributed by atoms with E-state index in [1.165, 1.54) is 4.68 Å². The summed E-state index contributed by atoms with van der Waals surface area (Å²) in [7, 11) is 3.21. The number of aryl methyl sites for hydroxylation is 1. The first-order chi connectivity index (χ1) is 12.5. The summed E-state index contributed by atoms with van der Waals surface area (Å²) in [5.41, 5.74) is 0.953. The summed E-state index contributed by atoms with van der Waals surface area (Å²) < 4.78 is 12.3. The summed E-state index contributed by atoms with van der Waals surface area (Å²) in [6.45, 7) is 1.83. The standard InChI is InChI=1S/C18H21Cl2N3O3/c1-23-17(24)16(20)14(10-22-23)21-11-18(5-7-26-8-6-18)13-9-12(19)3-4-15(13)25-2/h3-4,9-10,21H,5-8,11H2,1-2H3. The Bertz CT molecular complexity index is 848. The highest BCUT2D eigenvalue weighted by molar-refractivity contribution is 6.33. The molecule has 6 nitrogen and oxygen atoms in total. The number of hydrogen-bond donors (Lipinski definition) is 1. The number of ether oxygens (including phenoxy) is 2. The third kappa shape index (κ3) is 3.68. The van der Waals surface area contributed by atoms with Gasteiger partial charge in [-0.1, -0.05) is 23.2 Å². The van der Waals surface area contributed by atoms with Crippen molar-refractivity contribution in [1.29, 1.82) is 0 Å². The van der Waals surface area contributed by atoms with Crippen molar-refractivity contribution < 1.29 is 9.47 Å². The van der Waals surface area contributed by atoms with Crippen LogP contribution in [-0.2, 0) is 17.2 Å². The van der Waals surface area contributed by atoms with Gasteiger partial charge in [0, 0.05) is 42.8 Å². The van der Waals surface area contributed by atoms with Gasteiger partial charge in [0.2, 0.25) is 0 Å². The minimum Gasteiger partial charge on any atom is -0.496 e. The zero-order chi connectivity index (χ0) is 18.7. The molecule has 0 aliphatic carbocycles. The molecule has 26 heavy (non-hydrogen) atoms. The number of anilines is 1. The Morgan fingerprint density at radius 1 is 1.35 bits per heavy atom. The maximum atomic E-state index is 12.0. The predicted octanol–water partition coefficient (Wildman–Crippen LogP) is 3.26. The van der Waals surface area contributed by atoms with Crippen molar-refractivity contribution in [3.8, 4) is 5.75 Å². The first-order valence-electron chi connectivity index (χ1n) is 8.34. The fourth-order valence-electron chi connectivity index (χ4n) is 3.30. The Kier molecular flexibility index (Phi) is 5.75. The molecule has 0 saturated carbocycles. The van der Waals surface area contributed by atoms with E-state index in [1.54, 1.807) is 20.4 Å². The van der Waals surface area contributed by atoms with Crippen LogP contribution in [0.4, 0.5) is 5.69 Å². The summed E-state index contributed by atoms with van der Waals surface area (Å²) in [5, 5.41) is 8.11. The maximum absolute atomic E-state index is 12.0. The van der Waals surface area contributed by atoms with E-state index in [-0.39, 0.29) is 16.0 Å². The summed E-state index contributed by atoms with van der Waals surface area (Å²) in [5.74, 6) is 0.784. The van der Waals surface area contributed by atoms with Crippen LogP contribution in [0.25, 0.3) is 0 Å². The van der Waals surface area contributed by atoms with E-state index < -0.39 is 0 Å². The first kappa shape index (κ1) is 19.0. The molecule has 1 aromatic carbocycles. The molecular formula is C18H21Cl2N3O3. The van der Waals surface area contributed by atoms with Crippen LogP contribution in [-0.4, -0.2) is 36.6 Å². The lowest BCUT2D eigenvalue weighted by molar-refractivity contribution is 0.0536. The molecule has 1 saturated heterocycles. The number of aromatic nitrogens is 2. The quantitative estimate of drug-likeness (QED) is 0.838. The molecule has 1 fully saturated rings. The number of benzene rings is 1. The van der Waals surface area contributed by atoms with Crippen LogP contribution >= 0.6 is 23.2 Å². The molecule has 1 N–H and O–H groups in total. The molecule has 1 aliphatic rings. The predicted molar refractivity (Wildman–Crippen MR) is 103 cm³/mol. The lowest BCUT2D eigenvalue weighted by Gasteiger charge is -2.39. The van der Waals surface area contributed by atoms with Gasteiger partial charge >= 0.3 is 0 Å². The molecule has 2 heterocycles. The van der Waals surface area contributed by atoms with Crippen LogP contribution in [0, 0.1) is 0 Å². The van der Waals surface area contributed by atoms with Crippen LogP contribution < -0.4 is 15.6 Å². The highest BCUT2D eigenvalue weighted by Crippen LogP contribution is 2.41. The zero-order valence-corrected chi connectivity index (χ0v) is 16.2. The molecule has 3 rings (SSSR count). The Labute approximate surface area is 162 Å². The molecule has 2 aromatic rings. The zero-order valence-electron chi connectivity index (χ0n) is 14.7. The van der Waals surface area contributed by atoms with Crippen molar-refractivity contribution in [1.82, 2.24) is 9.78 Å². The van der Waals surface area contributed by atoms with Crippen molar-refractivity contribution in [2.24, 2.45) is 7.05 Å². The first-order valence-corrected chi connectivity index (χ1v) is 9.10. The van der Waals surface area contributed by atoms with Crippen LogP contribution in [0.1, 0.15) is 18.4 Å². The molecule has 140 valence electrons. The molecule has 0 unspecified atom stereocenters. The molecule has 0 atom stereocenters. The average molecular weight is 398 g/mol. The van der Waals surface area contributed by atoms with Gasteiger partial charge < -0.3 is 14.8 Å². The number of halogens is 2. The largest absolute Gasteiger partial charge is 0.496 e. The van der Waals surface area contributed by atoms with Gasteiger partial charge in [-0.05, 0) is 31.0 Å². The second-order valence-electron chi connectivity index (χ2n) is 6.39. The average Bonchev–Trinajstić information content (AvgIpc) is 2.66. The lowest BCUT2D eigenvalue weighted by Crippen LogP contribution is -2.40. The van der Waals surface area contributed by atoms with Gasteiger partial charge in [-0.3, -0.25) is 4.79 Å². The van der Waals surface area contributed by atoms with Crippen molar-refractivity contribution >= 4 is 28.9 Å². The summed E-state index contributed by atoms with van der Waals surface area (Å²) in [6.07, 6.45) is 3.16. The Morgan fingerprint density at radius 2 is 2.08 bits per heavy atom. The number of nitrogens with zero attached hydrogens (tertiary/aromatic N) is 2. The van der Waals surface area contributed by atoms with E-state index in [1.807, 2.05) is 18.2 Å². The Morgan fingerprint density at radius 3 is 2.77 bits per heavy atom. The fourth-order valence-corrected chi connectivity index (χ4v) is 3.71. The monoisotopic (exact) mass is 397 g/mol. The van der Waals surface area contributed by atoms with E-state index in [9.17, 15) is 4.79 Å². The molecule has 1 aromatic heterocycles. The third-order valence-electron chi connectivity index (χ3n) is 4.88. The van der Waals surface area contributed by atoms with Crippen LogP contribution in [0.15, 0.2) is 29.2 Å². The molecule has 0 bridgehead atoms. The normalized spacial score (nSPS) is 16.3. The van der Waals surface area contributed by atoms with Gasteiger partial charge in [0.1, 0.15) is 10.8 Å². The molecule has 0 radical (unpaired) electrons. The molecule has 0 spiro atoms. The van der Waals surface area contributed by atoms with Gasteiger partial charge in [0.15, 0.2) is 0 Å². The van der Waals surface area contributed by atoms with E-state index in [0.29, 0.717) is 30.5 Å². The molecule has 1 aliphatic heterocycles. The van der Waals surface area contributed by atoms with Gasteiger partial charge in [0.05, 0.1) is 19.0 Å².